The highest BCUT2D eigenvalue weighted by Crippen LogP contribution is 2.36. The third-order valence-electron chi connectivity index (χ3n) is 7.58. The molecule has 0 saturated carbocycles. The third-order valence-corrected chi connectivity index (χ3v) is 9.93. The molecule has 2 heterocycles. The summed E-state index contributed by atoms with van der Waals surface area (Å²) < 4.78 is 14.3. The van der Waals surface area contributed by atoms with Gasteiger partial charge in [0.25, 0.3) is 5.56 Å². The van der Waals surface area contributed by atoms with Gasteiger partial charge in [0, 0.05) is 16.0 Å². The molecule has 5 aromatic rings. The summed E-state index contributed by atoms with van der Waals surface area (Å²) in [4.78, 5) is 34.3. The Morgan fingerprint density at radius 1 is 1.06 bits per heavy atom. The van der Waals surface area contributed by atoms with Gasteiger partial charge in [-0.15, -0.1) is 11.8 Å². The van der Waals surface area contributed by atoms with Gasteiger partial charge in [-0.05, 0) is 76.6 Å². The number of carbonyl (C=O) groups excluding carboxylic acids is 1. The number of aromatic nitrogens is 1. The molecule has 0 bridgehead atoms. The van der Waals surface area contributed by atoms with Gasteiger partial charge in [0.05, 0.1) is 44.6 Å². The van der Waals surface area contributed by atoms with Crippen molar-refractivity contribution >= 4 is 56.8 Å². The molecule has 1 aliphatic rings. The Hall–Kier alpha value is -4.69. The molecule has 234 valence electrons. The maximum Gasteiger partial charge on any atom is 0.338 e. The predicted octanol–water partition coefficient (Wildman–Crippen LogP) is 6.87. The highest BCUT2D eigenvalue weighted by atomic mass is 79.9. The van der Waals surface area contributed by atoms with E-state index in [9.17, 15) is 14.9 Å². The van der Waals surface area contributed by atoms with Crippen molar-refractivity contribution in [2.75, 3.05) is 12.9 Å². The van der Waals surface area contributed by atoms with Crippen LogP contribution < -0.4 is 19.6 Å². The van der Waals surface area contributed by atoms with Gasteiger partial charge in [0.1, 0.15) is 12.4 Å². The summed E-state index contributed by atoms with van der Waals surface area (Å²) >= 11 is 6.49. The summed E-state index contributed by atoms with van der Waals surface area (Å²) in [5.74, 6) is 0.0943. The Balaban J connectivity index is 1.45. The van der Waals surface area contributed by atoms with E-state index in [0.29, 0.717) is 36.4 Å². The molecule has 47 heavy (non-hydrogen) atoms. The van der Waals surface area contributed by atoms with Crippen LogP contribution in [-0.2, 0) is 16.1 Å². The zero-order valence-electron chi connectivity index (χ0n) is 25.5. The highest BCUT2D eigenvalue weighted by Gasteiger charge is 2.35. The van der Waals surface area contributed by atoms with E-state index in [1.807, 2.05) is 103 Å². The first-order chi connectivity index (χ1) is 22.9. The number of benzene rings is 4. The lowest BCUT2D eigenvalue weighted by Gasteiger charge is -2.26. The number of fused-ring (bicyclic) bond motifs is 1. The molecule has 0 aliphatic carbocycles. The number of ether oxygens (including phenoxy) is 2. The Morgan fingerprint density at radius 2 is 1.81 bits per heavy atom. The fourth-order valence-electron chi connectivity index (χ4n) is 5.33. The normalized spacial score (nSPS) is 14.3. The van der Waals surface area contributed by atoms with Crippen LogP contribution in [0.15, 0.2) is 122 Å². The maximum atomic E-state index is 14.2. The Labute approximate surface area is 288 Å². The summed E-state index contributed by atoms with van der Waals surface area (Å²) in [5.41, 5.74) is 4.22. The molecule has 6 rings (SSSR count). The number of thioether (sulfide) groups is 1. The molecule has 0 unspecified atom stereocenters. The lowest BCUT2D eigenvalue weighted by atomic mass is 9.93. The standard InChI is InChI=1S/C37H28BrN3O4S2/c1-3-44-36(43)32-33(24-9-5-4-6-10-24)40-37-41(34(32)25-14-16-28(46-2)17-15-25)35(42)31(47-37)20-23-13-18-30(29(38)19-23)45-22-27-12-8-7-11-26(27)21-39/h4-20,34H,3,22H2,1-2H3/b31-20-/t34-/m0/s1. The number of hydrogen-bond donors (Lipinski definition) is 0. The monoisotopic (exact) mass is 721 g/mol. The van der Waals surface area contributed by atoms with Crippen molar-refractivity contribution < 1.29 is 14.3 Å². The number of thiazole rings is 1. The molecule has 1 atom stereocenters. The molecule has 1 aliphatic heterocycles. The van der Waals surface area contributed by atoms with E-state index >= 15 is 0 Å². The predicted molar refractivity (Wildman–Crippen MR) is 189 cm³/mol. The Bertz CT molecular complexity index is 2220. The smallest absolute Gasteiger partial charge is 0.338 e. The number of esters is 1. The molecule has 0 amide bonds. The second kappa shape index (κ2) is 14.4. The van der Waals surface area contributed by atoms with Crippen LogP contribution in [0.2, 0.25) is 0 Å². The van der Waals surface area contributed by atoms with Crippen LogP contribution in [-0.4, -0.2) is 23.4 Å². The van der Waals surface area contributed by atoms with E-state index in [1.54, 1.807) is 29.3 Å². The molecule has 0 saturated heterocycles. The van der Waals surface area contributed by atoms with E-state index < -0.39 is 12.0 Å². The number of rotatable bonds is 9. The Kier molecular flexibility index (Phi) is 9.87. The van der Waals surface area contributed by atoms with Crippen LogP contribution in [0.5, 0.6) is 5.75 Å². The van der Waals surface area contributed by atoms with Crippen molar-refractivity contribution in [3.8, 4) is 11.8 Å². The van der Waals surface area contributed by atoms with E-state index in [0.717, 1.165) is 27.1 Å². The molecule has 0 radical (unpaired) electrons. The molecule has 10 heteroatoms. The Morgan fingerprint density at radius 3 is 2.51 bits per heavy atom. The maximum absolute atomic E-state index is 14.2. The van der Waals surface area contributed by atoms with Gasteiger partial charge < -0.3 is 9.47 Å². The van der Waals surface area contributed by atoms with Gasteiger partial charge in [-0.1, -0.05) is 78.1 Å². The number of halogens is 1. The first-order valence-corrected chi connectivity index (χ1v) is 17.6. The van der Waals surface area contributed by atoms with E-state index in [-0.39, 0.29) is 18.8 Å². The van der Waals surface area contributed by atoms with Crippen LogP contribution in [0.3, 0.4) is 0 Å². The summed E-state index contributed by atoms with van der Waals surface area (Å²) in [6, 6.07) is 31.7. The summed E-state index contributed by atoms with van der Waals surface area (Å²) in [6.45, 7) is 2.19. The minimum Gasteiger partial charge on any atom is -0.488 e. The average Bonchev–Trinajstić information content (AvgIpc) is 3.41. The quantitative estimate of drug-likeness (QED) is 0.122. The molecule has 1 aromatic heterocycles. The van der Waals surface area contributed by atoms with Gasteiger partial charge >= 0.3 is 5.97 Å². The molecule has 0 N–H and O–H groups in total. The number of carbonyl (C=O) groups is 1. The van der Waals surface area contributed by atoms with Crippen molar-refractivity contribution in [2.45, 2.75) is 24.5 Å². The first-order valence-electron chi connectivity index (χ1n) is 14.7. The number of nitriles is 1. The molecular formula is C37H28BrN3O4S2. The molecular weight excluding hydrogens is 694 g/mol. The number of nitrogens with zero attached hydrogens (tertiary/aromatic N) is 3. The zero-order chi connectivity index (χ0) is 32.9. The summed E-state index contributed by atoms with van der Waals surface area (Å²) in [6.07, 6.45) is 3.81. The minimum atomic E-state index is -0.739. The van der Waals surface area contributed by atoms with Crippen LogP contribution in [0.1, 0.15) is 40.8 Å². The van der Waals surface area contributed by atoms with Crippen molar-refractivity contribution in [1.29, 1.82) is 5.26 Å². The van der Waals surface area contributed by atoms with Crippen LogP contribution in [0.25, 0.3) is 11.8 Å². The zero-order valence-corrected chi connectivity index (χ0v) is 28.7. The second-order valence-corrected chi connectivity index (χ2v) is 13.2. The largest absolute Gasteiger partial charge is 0.488 e. The van der Waals surface area contributed by atoms with E-state index in [1.165, 1.54) is 11.3 Å². The first kappa shape index (κ1) is 32.3. The average molecular weight is 723 g/mol. The van der Waals surface area contributed by atoms with Gasteiger partial charge in [-0.25, -0.2) is 9.79 Å². The highest BCUT2D eigenvalue weighted by molar-refractivity contribution is 9.10. The fraction of sp³-hybridized carbons (Fsp3) is 0.135. The van der Waals surface area contributed by atoms with Crippen molar-refractivity contribution in [1.82, 2.24) is 4.57 Å². The summed E-state index contributed by atoms with van der Waals surface area (Å²) in [7, 11) is 0. The number of hydrogen-bond acceptors (Lipinski definition) is 8. The molecule has 0 spiro atoms. The van der Waals surface area contributed by atoms with Crippen molar-refractivity contribution in [3.05, 3.63) is 155 Å². The van der Waals surface area contributed by atoms with Gasteiger partial charge in [0.2, 0.25) is 0 Å². The molecule has 7 nitrogen and oxygen atoms in total. The van der Waals surface area contributed by atoms with Gasteiger partial charge in [0.15, 0.2) is 4.80 Å². The molecule has 0 fully saturated rings. The SMILES string of the molecule is CCOC(=O)C1=C(c2ccccc2)N=c2s/c(=C\c3ccc(OCc4ccccc4C#N)c(Br)c3)c(=O)n2[C@H]1c1ccc(SC)cc1. The van der Waals surface area contributed by atoms with E-state index in [2.05, 4.69) is 22.0 Å². The van der Waals surface area contributed by atoms with Crippen LogP contribution >= 0.6 is 39.0 Å². The third kappa shape index (κ3) is 6.74. The lowest BCUT2D eigenvalue weighted by molar-refractivity contribution is -0.138. The summed E-state index contributed by atoms with van der Waals surface area (Å²) in [5, 5.41) is 9.39. The van der Waals surface area contributed by atoms with Gasteiger partial charge in [-0.3, -0.25) is 9.36 Å². The molecule has 4 aromatic carbocycles. The second-order valence-electron chi connectivity index (χ2n) is 10.5. The van der Waals surface area contributed by atoms with Gasteiger partial charge in [-0.2, -0.15) is 5.26 Å². The fourth-order valence-corrected chi connectivity index (χ4v) is 7.25. The topological polar surface area (TPSA) is 93.7 Å². The van der Waals surface area contributed by atoms with Crippen LogP contribution in [0, 0.1) is 11.3 Å². The minimum absolute atomic E-state index is 0.187. The van der Waals surface area contributed by atoms with E-state index in [4.69, 9.17) is 14.5 Å². The lowest BCUT2D eigenvalue weighted by Crippen LogP contribution is -2.40. The van der Waals surface area contributed by atoms with Crippen molar-refractivity contribution in [3.63, 3.8) is 0 Å². The van der Waals surface area contributed by atoms with Crippen LogP contribution in [0.4, 0.5) is 0 Å². The van der Waals surface area contributed by atoms with Crippen molar-refractivity contribution in [2.24, 2.45) is 4.99 Å².